The third kappa shape index (κ3) is 2.12. The predicted octanol–water partition coefficient (Wildman–Crippen LogP) is 0.835. The highest BCUT2D eigenvalue weighted by molar-refractivity contribution is 5.48. The minimum absolute atomic E-state index is 0.0638. The molecular weight excluding hydrogens is 232 g/mol. The van der Waals surface area contributed by atoms with Crippen LogP contribution in [-0.4, -0.2) is 32.9 Å². The van der Waals surface area contributed by atoms with E-state index in [4.69, 9.17) is 4.52 Å². The molecule has 6 heteroatoms. The summed E-state index contributed by atoms with van der Waals surface area (Å²) in [5.74, 6) is 0.988. The van der Waals surface area contributed by atoms with Crippen molar-refractivity contribution in [2.45, 2.75) is 25.5 Å². The van der Waals surface area contributed by atoms with Gasteiger partial charge >= 0.3 is 0 Å². The molecule has 1 aliphatic heterocycles. The maximum atomic E-state index is 9.46. The molecule has 1 saturated heterocycles. The molecule has 0 unspecified atom stereocenters. The summed E-state index contributed by atoms with van der Waals surface area (Å²) in [6.07, 6.45) is 0.255. The number of rotatable bonds is 2. The molecule has 0 aromatic carbocycles. The van der Waals surface area contributed by atoms with Crippen LogP contribution in [0.5, 0.6) is 0 Å². The van der Waals surface area contributed by atoms with Gasteiger partial charge in [-0.1, -0.05) is 11.2 Å². The fraction of sp³-hybridized carbons (Fsp3) is 0.417. The minimum atomic E-state index is -0.345. The van der Waals surface area contributed by atoms with Crippen LogP contribution in [0, 0.1) is 6.92 Å². The SMILES string of the molecule is Cc1cccc(-c2noc([C@H]3C[C@H](O)CN3)n2)n1. The number of aliphatic hydroxyl groups is 1. The normalized spacial score (nSPS) is 23.4. The van der Waals surface area contributed by atoms with Crippen LogP contribution in [-0.2, 0) is 0 Å². The molecule has 1 fully saturated rings. The van der Waals surface area contributed by atoms with Crippen molar-refractivity contribution >= 4 is 0 Å². The molecule has 0 radical (unpaired) electrons. The van der Waals surface area contributed by atoms with Crippen LogP contribution in [0.1, 0.15) is 24.0 Å². The highest BCUT2D eigenvalue weighted by atomic mass is 16.5. The highest BCUT2D eigenvalue weighted by Crippen LogP contribution is 2.23. The van der Waals surface area contributed by atoms with E-state index in [1.807, 2.05) is 25.1 Å². The standard InChI is InChI=1S/C12H14N4O2/c1-7-3-2-4-9(14-7)11-15-12(18-16-11)10-5-8(17)6-13-10/h2-4,8,10,13,17H,5-6H2,1H3/t8-,10+/m0/s1. The van der Waals surface area contributed by atoms with Gasteiger partial charge in [-0.3, -0.25) is 0 Å². The van der Waals surface area contributed by atoms with Gasteiger partial charge in [0, 0.05) is 12.2 Å². The van der Waals surface area contributed by atoms with Crippen LogP contribution < -0.4 is 5.32 Å². The van der Waals surface area contributed by atoms with E-state index in [2.05, 4.69) is 20.4 Å². The third-order valence-electron chi connectivity index (χ3n) is 2.96. The summed E-state index contributed by atoms with van der Waals surface area (Å²) in [6, 6.07) is 5.61. The van der Waals surface area contributed by atoms with E-state index in [1.54, 1.807) is 0 Å². The maximum absolute atomic E-state index is 9.46. The lowest BCUT2D eigenvalue weighted by molar-refractivity contribution is 0.191. The first kappa shape index (κ1) is 11.3. The molecular formula is C12H14N4O2. The second-order valence-electron chi connectivity index (χ2n) is 4.47. The number of hydrogen-bond acceptors (Lipinski definition) is 6. The molecule has 0 amide bonds. The fourth-order valence-corrected chi connectivity index (χ4v) is 2.05. The van der Waals surface area contributed by atoms with E-state index in [0.29, 0.717) is 30.4 Å². The Labute approximate surface area is 104 Å². The number of aliphatic hydroxyl groups excluding tert-OH is 1. The molecule has 1 aliphatic rings. The average Bonchev–Trinajstić information content (AvgIpc) is 2.97. The van der Waals surface area contributed by atoms with Gasteiger partial charge in [0.1, 0.15) is 5.69 Å². The zero-order valence-corrected chi connectivity index (χ0v) is 10.00. The third-order valence-corrected chi connectivity index (χ3v) is 2.96. The summed E-state index contributed by atoms with van der Waals surface area (Å²) >= 11 is 0. The molecule has 94 valence electrons. The quantitative estimate of drug-likeness (QED) is 0.816. The highest BCUT2D eigenvalue weighted by Gasteiger charge is 2.28. The molecule has 3 rings (SSSR count). The lowest BCUT2D eigenvalue weighted by Gasteiger charge is -2.01. The molecule has 2 aromatic heterocycles. The van der Waals surface area contributed by atoms with Crippen LogP contribution in [0.4, 0.5) is 0 Å². The van der Waals surface area contributed by atoms with Crippen molar-refractivity contribution in [1.29, 1.82) is 0 Å². The summed E-state index contributed by atoms with van der Waals surface area (Å²) in [7, 11) is 0. The molecule has 6 nitrogen and oxygen atoms in total. The summed E-state index contributed by atoms with van der Waals surface area (Å²) in [5.41, 5.74) is 1.61. The van der Waals surface area contributed by atoms with Crippen molar-refractivity contribution in [3.05, 3.63) is 29.8 Å². The Hall–Kier alpha value is -1.79. The van der Waals surface area contributed by atoms with Crippen molar-refractivity contribution in [1.82, 2.24) is 20.4 Å². The Morgan fingerprint density at radius 3 is 3.00 bits per heavy atom. The Morgan fingerprint density at radius 1 is 1.39 bits per heavy atom. The van der Waals surface area contributed by atoms with E-state index in [1.165, 1.54) is 0 Å². The van der Waals surface area contributed by atoms with Gasteiger partial charge in [-0.05, 0) is 25.5 Å². The van der Waals surface area contributed by atoms with Gasteiger partial charge in [0.05, 0.1) is 12.1 Å². The van der Waals surface area contributed by atoms with E-state index in [9.17, 15) is 5.11 Å². The van der Waals surface area contributed by atoms with Crippen LogP contribution in [0.25, 0.3) is 11.5 Å². The molecule has 0 saturated carbocycles. The Balaban J connectivity index is 1.85. The summed E-state index contributed by atoms with van der Waals surface area (Å²) in [5, 5.41) is 16.5. The topological polar surface area (TPSA) is 84.1 Å². The number of aryl methyl sites for hydroxylation is 1. The number of hydrogen-bond donors (Lipinski definition) is 2. The van der Waals surface area contributed by atoms with Crippen LogP contribution in [0.2, 0.25) is 0 Å². The van der Waals surface area contributed by atoms with Crippen molar-refractivity contribution in [3.8, 4) is 11.5 Å². The summed E-state index contributed by atoms with van der Waals surface area (Å²) in [4.78, 5) is 8.67. The zero-order chi connectivity index (χ0) is 12.5. The Morgan fingerprint density at radius 2 is 2.28 bits per heavy atom. The van der Waals surface area contributed by atoms with Crippen LogP contribution >= 0.6 is 0 Å². The maximum Gasteiger partial charge on any atom is 0.244 e. The largest absolute Gasteiger partial charge is 0.392 e. The molecule has 2 atom stereocenters. The van der Waals surface area contributed by atoms with Gasteiger partial charge in [0.15, 0.2) is 0 Å². The number of nitrogens with one attached hydrogen (secondary N) is 1. The average molecular weight is 246 g/mol. The Bertz CT molecular complexity index is 555. The molecule has 3 heterocycles. The number of nitrogens with zero attached hydrogens (tertiary/aromatic N) is 3. The molecule has 0 bridgehead atoms. The molecule has 2 aromatic rings. The van der Waals surface area contributed by atoms with E-state index in [0.717, 1.165) is 5.69 Å². The molecule has 0 aliphatic carbocycles. The first-order chi connectivity index (χ1) is 8.72. The summed E-state index contributed by atoms with van der Waals surface area (Å²) < 4.78 is 5.22. The smallest absolute Gasteiger partial charge is 0.244 e. The first-order valence-electron chi connectivity index (χ1n) is 5.91. The zero-order valence-electron chi connectivity index (χ0n) is 10.00. The number of pyridine rings is 1. The molecule has 2 N–H and O–H groups in total. The van der Waals surface area contributed by atoms with Gasteiger partial charge in [0.25, 0.3) is 0 Å². The van der Waals surface area contributed by atoms with Crippen molar-refractivity contribution in [2.75, 3.05) is 6.54 Å². The van der Waals surface area contributed by atoms with Gasteiger partial charge in [0.2, 0.25) is 11.7 Å². The van der Waals surface area contributed by atoms with Crippen LogP contribution in [0.15, 0.2) is 22.7 Å². The first-order valence-corrected chi connectivity index (χ1v) is 5.91. The van der Waals surface area contributed by atoms with Gasteiger partial charge < -0.3 is 14.9 Å². The molecule has 0 spiro atoms. The van der Waals surface area contributed by atoms with Gasteiger partial charge in [-0.15, -0.1) is 0 Å². The fourth-order valence-electron chi connectivity index (χ4n) is 2.05. The second-order valence-corrected chi connectivity index (χ2v) is 4.47. The lowest BCUT2D eigenvalue weighted by Crippen LogP contribution is -2.15. The number of β-amino-alcohol motifs (C(OH)–C–C–N with tert-alkyl or cyclic N) is 1. The van der Waals surface area contributed by atoms with Gasteiger partial charge in [-0.2, -0.15) is 4.98 Å². The van der Waals surface area contributed by atoms with Crippen molar-refractivity contribution < 1.29 is 9.63 Å². The number of aromatic nitrogens is 3. The second kappa shape index (κ2) is 4.47. The van der Waals surface area contributed by atoms with E-state index in [-0.39, 0.29) is 12.1 Å². The Kier molecular flexibility index (Phi) is 2.81. The predicted molar refractivity (Wildman–Crippen MR) is 63.6 cm³/mol. The van der Waals surface area contributed by atoms with Crippen molar-refractivity contribution in [2.24, 2.45) is 0 Å². The van der Waals surface area contributed by atoms with Crippen molar-refractivity contribution in [3.63, 3.8) is 0 Å². The van der Waals surface area contributed by atoms with Crippen LogP contribution in [0.3, 0.4) is 0 Å². The summed E-state index contributed by atoms with van der Waals surface area (Å²) in [6.45, 7) is 2.48. The monoisotopic (exact) mass is 246 g/mol. The van der Waals surface area contributed by atoms with Gasteiger partial charge in [-0.25, -0.2) is 4.98 Å². The lowest BCUT2D eigenvalue weighted by atomic mass is 10.2. The molecule has 18 heavy (non-hydrogen) atoms. The van der Waals surface area contributed by atoms with E-state index >= 15 is 0 Å². The van der Waals surface area contributed by atoms with E-state index < -0.39 is 0 Å². The minimum Gasteiger partial charge on any atom is -0.392 e.